The van der Waals surface area contributed by atoms with Crippen molar-refractivity contribution >= 4 is 17.4 Å². The van der Waals surface area contributed by atoms with Gasteiger partial charge in [0.15, 0.2) is 11.3 Å². The second kappa shape index (κ2) is 3.79. The summed E-state index contributed by atoms with van der Waals surface area (Å²) in [6, 6.07) is 1.76. The summed E-state index contributed by atoms with van der Waals surface area (Å²) in [6.45, 7) is 0. The van der Waals surface area contributed by atoms with E-state index in [2.05, 4.69) is 10.2 Å². The second-order valence-electron chi connectivity index (χ2n) is 3.29. The molecule has 6 nitrogen and oxygen atoms in total. The third kappa shape index (κ3) is 1.69. The van der Waals surface area contributed by atoms with E-state index in [1.54, 1.807) is 0 Å². The Morgan fingerprint density at radius 2 is 2.11 bits per heavy atom. The Bertz CT molecular complexity index is 648. The summed E-state index contributed by atoms with van der Waals surface area (Å²) in [7, 11) is 0. The minimum atomic E-state index is -4.70. The fraction of sp³-hybridized carbons (Fsp3) is 0.111. The molecule has 0 aliphatic carbocycles. The Hall–Kier alpha value is -2.45. The molecule has 0 fully saturated rings. The van der Waals surface area contributed by atoms with Crippen LogP contribution in [0.1, 0.15) is 16.1 Å². The number of aromatic carboxylic acids is 1. The van der Waals surface area contributed by atoms with E-state index in [0.717, 1.165) is 18.3 Å². The van der Waals surface area contributed by atoms with Gasteiger partial charge in [-0.3, -0.25) is 4.40 Å². The zero-order valence-corrected chi connectivity index (χ0v) is 8.47. The lowest BCUT2D eigenvalue weighted by molar-refractivity contribution is -0.136. The van der Waals surface area contributed by atoms with E-state index in [0.29, 0.717) is 4.40 Å². The van der Waals surface area contributed by atoms with Gasteiger partial charge < -0.3 is 5.11 Å². The fourth-order valence-electron chi connectivity index (χ4n) is 1.51. The first-order valence-electron chi connectivity index (χ1n) is 4.51. The minimum Gasteiger partial charge on any atom is -0.476 e. The van der Waals surface area contributed by atoms with Crippen LogP contribution in [0.15, 0.2) is 23.5 Å². The van der Waals surface area contributed by atoms with Gasteiger partial charge >= 0.3 is 12.1 Å². The smallest absolute Gasteiger partial charge is 0.419 e. The molecule has 2 aromatic rings. The normalized spacial score (nSPS) is 11.7. The second-order valence-corrected chi connectivity index (χ2v) is 3.29. The standard InChI is InChI=1S/C9H4F3N3O3/c10-9(11,12)4-2-1-3-15-6(4)13-5(8(16)17)7(15)14-18/h1-3H,(H,16,17). The summed E-state index contributed by atoms with van der Waals surface area (Å²) in [4.78, 5) is 24.6. The highest BCUT2D eigenvalue weighted by atomic mass is 19.4. The number of pyridine rings is 1. The van der Waals surface area contributed by atoms with Gasteiger partial charge in [0, 0.05) is 6.20 Å². The summed E-state index contributed by atoms with van der Waals surface area (Å²) < 4.78 is 38.7. The van der Waals surface area contributed by atoms with Crippen molar-refractivity contribution in [3.05, 3.63) is 34.5 Å². The van der Waals surface area contributed by atoms with E-state index < -0.39 is 34.9 Å². The van der Waals surface area contributed by atoms with E-state index >= 15 is 0 Å². The maximum absolute atomic E-state index is 12.7. The van der Waals surface area contributed by atoms with Crippen LogP contribution < -0.4 is 0 Å². The molecule has 0 aliphatic rings. The average Bonchev–Trinajstić information content (AvgIpc) is 2.65. The SMILES string of the molecule is O=Nc1c(C(=O)O)nc2c(C(F)(F)F)cccn12. The van der Waals surface area contributed by atoms with Crippen LogP contribution in [0.5, 0.6) is 0 Å². The van der Waals surface area contributed by atoms with Crippen molar-refractivity contribution in [1.82, 2.24) is 9.38 Å². The molecule has 0 saturated heterocycles. The summed E-state index contributed by atoms with van der Waals surface area (Å²) >= 11 is 0. The molecule has 0 bridgehead atoms. The van der Waals surface area contributed by atoms with Crippen LogP contribution in [0.25, 0.3) is 5.65 Å². The fourth-order valence-corrected chi connectivity index (χ4v) is 1.51. The molecule has 0 spiro atoms. The lowest BCUT2D eigenvalue weighted by Crippen LogP contribution is -2.07. The van der Waals surface area contributed by atoms with Crippen LogP contribution >= 0.6 is 0 Å². The number of nitrogens with zero attached hydrogens (tertiary/aromatic N) is 3. The number of rotatable bonds is 2. The van der Waals surface area contributed by atoms with E-state index in [-0.39, 0.29) is 0 Å². The van der Waals surface area contributed by atoms with Gasteiger partial charge in [-0.05, 0) is 17.3 Å². The van der Waals surface area contributed by atoms with Gasteiger partial charge in [0.1, 0.15) is 0 Å². The molecule has 94 valence electrons. The zero-order chi connectivity index (χ0) is 13.5. The number of aromatic nitrogens is 2. The third-order valence-electron chi connectivity index (χ3n) is 2.22. The van der Waals surface area contributed by atoms with Crippen molar-refractivity contribution < 1.29 is 23.1 Å². The van der Waals surface area contributed by atoms with Crippen LogP contribution in [0.4, 0.5) is 19.0 Å². The topological polar surface area (TPSA) is 84.0 Å². The number of carbonyl (C=O) groups is 1. The van der Waals surface area contributed by atoms with E-state index in [4.69, 9.17) is 5.11 Å². The predicted octanol–water partition coefficient (Wildman–Crippen LogP) is 2.45. The van der Waals surface area contributed by atoms with Gasteiger partial charge in [-0.25, -0.2) is 9.78 Å². The lowest BCUT2D eigenvalue weighted by Gasteiger charge is -2.06. The van der Waals surface area contributed by atoms with Gasteiger partial charge in [0.2, 0.25) is 5.82 Å². The first-order valence-corrected chi connectivity index (χ1v) is 4.51. The van der Waals surface area contributed by atoms with Gasteiger partial charge in [-0.1, -0.05) is 0 Å². The molecule has 0 unspecified atom stereocenters. The number of alkyl halides is 3. The molecule has 0 atom stereocenters. The number of nitroso groups, excluding NO2 is 1. The molecule has 9 heteroatoms. The maximum atomic E-state index is 12.7. The largest absolute Gasteiger partial charge is 0.476 e. The highest BCUT2D eigenvalue weighted by molar-refractivity contribution is 5.92. The molecule has 0 aromatic carbocycles. The number of hydrogen-bond acceptors (Lipinski definition) is 4. The minimum absolute atomic E-state index is 0.669. The lowest BCUT2D eigenvalue weighted by atomic mass is 10.2. The van der Waals surface area contributed by atoms with E-state index in [9.17, 15) is 22.9 Å². The van der Waals surface area contributed by atoms with Crippen LogP contribution in [-0.4, -0.2) is 20.5 Å². The number of halogens is 3. The Morgan fingerprint density at radius 3 is 2.61 bits per heavy atom. The summed E-state index contributed by atoms with van der Waals surface area (Å²) in [5.74, 6) is -2.30. The Kier molecular flexibility index (Phi) is 2.53. The number of carboxylic acids is 1. The van der Waals surface area contributed by atoms with E-state index in [1.807, 2.05) is 0 Å². The van der Waals surface area contributed by atoms with Crippen molar-refractivity contribution in [3.63, 3.8) is 0 Å². The molecule has 0 aliphatic heterocycles. The van der Waals surface area contributed by atoms with Crippen molar-refractivity contribution in [1.29, 1.82) is 0 Å². The molecule has 18 heavy (non-hydrogen) atoms. The summed E-state index contributed by atoms with van der Waals surface area (Å²) in [6.07, 6.45) is -3.62. The third-order valence-corrected chi connectivity index (χ3v) is 2.22. The van der Waals surface area contributed by atoms with Gasteiger partial charge in [0.05, 0.1) is 5.56 Å². The molecular weight excluding hydrogens is 255 g/mol. The number of imidazole rings is 1. The predicted molar refractivity (Wildman–Crippen MR) is 52.6 cm³/mol. The molecule has 0 saturated carbocycles. The van der Waals surface area contributed by atoms with Crippen molar-refractivity contribution in [2.24, 2.45) is 5.18 Å². The first-order chi connectivity index (χ1) is 8.36. The Morgan fingerprint density at radius 1 is 1.44 bits per heavy atom. The van der Waals surface area contributed by atoms with Gasteiger partial charge in [-0.15, -0.1) is 4.91 Å². The molecule has 0 radical (unpaired) electrons. The number of carboxylic acid groups (broad SMARTS) is 1. The monoisotopic (exact) mass is 259 g/mol. The molecule has 2 aromatic heterocycles. The molecule has 2 heterocycles. The van der Waals surface area contributed by atoms with Gasteiger partial charge in [-0.2, -0.15) is 13.2 Å². The Balaban J connectivity index is 2.88. The van der Waals surface area contributed by atoms with Gasteiger partial charge in [0.25, 0.3) is 0 Å². The zero-order valence-electron chi connectivity index (χ0n) is 8.47. The van der Waals surface area contributed by atoms with Crippen molar-refractivity contribution in [2.75, 3.05) is 0 Å². The van der Waals surface area contributed by atoms with Crippen LogP contribution in [0.2, 0.25) is 0 Å². The van der Waals surface area contributed by atoms with Crippen molar-refractivity contribution in [2.45, 2.75) is 6.18 Å². The summed E-state index contributed by atoms with van der Waals surface area (Å²) in [5.41, 5.74) is -2.62. The molecule has 1 N–H and O–H groups in total. The van der Waals surface area contributed by atoms with Crippen LogP contribution in [-0.2, 0) is 6.18 Å². The number of hydrogen-bond donors (Lipinski definition) is 1. The highest BCUT2D eigenvalue weighted by Crippen LogP contribution is 2.34. The average molecular weight is 259 g/mol. The number of fused-ring (bicyclic) bond motifs is 1. The highest BCUT2D eigenvalue weighted by Gasteiger charge is 2.35. The Labute approximate surface area is 96.6 Å². The summed E-state index contributed by atoms with van der Waals surface area (Å²) in [5, 5.41) is 11.1. The maximum Gasteiger partial charge on any atom is 0.419 e. The molecular formula is C9H4F3N3O3. The first kappa shape index (κ1) is 12.0. The molecule has 2 rings (SSSR count). The van der Waals surface area contributed by atoms with Crippen LogP contribution in [0, 0.1) is 4.91 Å². The van der Waals surface area contributed by atoms with Crippen molar-refractivity contribution in [3.8, 4) is 0 Å². The quantitative estimate of drug-likeness (QED) is 0.839. The molecule has 0 amide bonds. The van der Waals surface area contributed by atoms with Crippen LogP contribution in [0.3, 0.4) is 0 Å². The van der Waals surface area contributed by atoms with E-state index in [1.165, 1.54) is 0 Å².